The number of nitrogens with zero attached hydrogens (tertiary/aromatic N) is 1. The number of sulfonamides is 1. The summed E-state index contributed by atoms with van der Waals surface area (Å²) in [5, 5.41) is 2.01. The molecule has 0 N–H and O–H groups in total. The van der Waals surface area contributed by atoms with Crippen molar-refractivity contribution in [1.82, 2.24) is 4.31 Å². The highest BCUT2D eigenvalue weighted by Gasteiger charge is 2.37. The van der Waals surface area contributed by atoms with E-state index in [0.717, 1.165) is 28.8 Å². The Kier molecular flexibility index (Phi) is 3.90. The van der Waals surface area contributed by atoms with Crippen LogP contribution in [0.5, 0.6) is 0 Å². The van der Waals surface area contributed by atoms with E-state index in [-0.39, 0.29) is 6.04 Å². The Hall–Kier alpha value is -1.17. The molecule has 0 amide bonds. The highest BCUT2D eigenvalue weighted by atomic mass is 32.2. The van der Waals surface area contributed by atoms with Crippen molar-refractivity contribution in [2.45, 2.75) is 37.6 Å². The molecule has 1 atom stereocenters. The zero-order chi connectivity index (χ0) is 15.0. The van der Waals surface area contributed by atoms with Crippen LogP contribution in [0.3, 0.4) is 0 Å². The predicted molar refractivity (Wildman–Crippen MR) is 86.1 cm³/mol. The van der Waals surface area contributed by atoms with Gasteiger partial charge in [0.2, 0.25) is 10.0 Å². The van der Waals surface area contributed by atoms with Crippen molar-refractivity contribution in [3.05, 3.63) is 51.7 Å². The number of thiophene rings is 1. The molecule has 0 unspecified atom stereocenters. The van der Waals surface area contributed by atoms with E-state index < -0.39 is 10.0 Å². The van der Waals surface area contributed by atoms with Gasteiger partial charge in [-0.25, -0.2) is 8.42 Å². The highest BCUT2D eigenvalue weighted by Crippen LogP contribution is 2.38. The molecule has 1 saturated heterocycles. The van der Waals surface area contributed by atoms with Crippen molar-refractivity contribution in [3.8, 4) is 0 Å². The fourth-order valence-corrected chi connectivity index (χ4v) is 5.83. The summed E-state index contributed by atoms with van der Waals surface area (Å²) in [7, 11) is -3.42. The quantitative estimate of drug-likeness (QED) is 0.860. The summed E-state index contributed by atoms with van der Waals surface area (Å²) in [5.41, 5.74) is 1.91. The second-order valence-corrected chi connectivity index (χ2v) is 8.40. The molecule has 1 aromatic carbocycles. The lowest BCUT2D eigenvalue weighted by Crippen LogP contribution is -2.30. The van der Waals surface area contributed by atoms with Gasteiger partial charge in [0.05, 0.1) is 10.9 Å². The van der Waals surface area contributed by atoms with Gasteiger partial charge in [0.25, 0.3) is 0 Å². The fourth-order valence-electron chi connectivity index (χ4n) is 3.01. The average Bonchev–Trinajstić information content (AvgIpc) is 3.09. The van der Waals surface area contributed by atoms with Crippen LogP contribution in [0.4, 0.5) is 0 Å². The molecule has 1 fully saturated rings. The minimum absolute atomic E-state index is 0.00398. The van der Waals surface area contributed by atoms with Gasteiger partial charge in [-0.2, -0.15) is 4.31 Å². The average molecular weight is 321 g/mol. The van der Waals surface area contributed by atoms with E-state index in [0.29, 0.717) is 11.4 Å². The van der Waals surface area contributed by atoms with Crippen LogP contribution < -0.4 is 0 Å². The molecule has 1 aliphatic rings. The van der Waals surface area contributed by atoms with Gasteiger partial charge in [0.15, 0.2) is 0 Å². The Balaban J connectivity index is 2.01. The van der Waals surface area contributed by atoms with Crippen molar-refractivity contribution in [1.29, 1.82) is 0 Å². The topological polar surface area (TPSA) is 37.4 Å². The SMILES string of the molecule is Cc1ccc(S(=O)(=O)N2CCC[C@@H]2c2cccs2)c(C)c1. The number of hydrogen-bond acceptors (Lipinski definition) is 3. The maximum atomic E-state index is 13.0. The summed E-state index contributed by atoms with van der Waals surface area (Å²) in [5.74, 6) is 0. The van der Waals surface area contributed by atoms with Gasteiger partial charge in [-0.3, -0.25) is 0 Å². The molecule has 0 saturated carbocycles. The molecule has 0 spiro atoms. The van der Waals surface area contributed by atoms with E-state index in [1.54, 1.807) is 21.7 Å². The van der Waals surface area contributed by atoms with Crippen molar-refractivity contribution in [2.24, 2.45) is 0 Å². The Morgan fingerprint density at radius 3 is 2.71 bits per heavy atom. The van der Waals surface area contributed by atoms with E-state index in [2.05, 4.69) is 0 Å². The summed E-state index contributed by atoms with van der Waals surface area (Å²) in [6.07, 6.45) is 1.83. The Morgan fingerprint density at radius 1 is 1.24 bits per heavy atom. The molecule has 2 heterocycles. The molecule has 112 valence electrons. The first-order chi connectivity index (χ1) is 10.00. The minimum atomic E-state index is -3.42. The monoisotopic (exact) mass is 321 g/mol. The zero-order valence-electron chi connectivity index (χ0n) is 12.2. The van der Waals surface area contributed by atoms with Crippen LogP contribution in [0, 0.1) is 13.8 Å². The van der Waals surface area contributed by atoms with Crippen LogP contribution in [-0.4, -0.2) is 19.3 Å². The summed E-state index contributed by atoms with van der Waals surface area (Å²) < 4.78 is 27.7. The summed E-state index contributed by atoms with van der Waals surface area (Å²) in [6.45, 7) is 4.46. The Bertz CT molecular complexity index is 736. The van der Waals surface area contributed by atoms with Gasteiger partial charge in [-0.05, 0) is 49.8 Å². The highest BCUT2D eigenvalue weighted by molar-refractivity contribution is 7.89. The second kappa shape index (κ2) is 5.55. The fraction of sp³-hybridized carbons (Fsp3) is 0.375. The third kappa shape index (κ3) is 2.65. The first-order valence-electron chi connectivity index (χ1n) is 7.12. The van der Waals surface area contributed by atoms with Crippen LogP contribution in [-0.2, 0) is 10.0 Å². The maximum absolute atomic E-state index is 13.0. The van der Waals surface area contributed by atoms with Gasteiger partial charge < -0.3 is 0 Å². The van der Waals surface area contributed by atoms with Crippen molar-refractivity contribution in [2.75, 3.05) is 6.54 Å². The van der Waals surface area contributed by atoms with Crippen LogP contribution in [0.15, 0.2) is 40.6 Å². The Morgan fingerprint density at radius 2 is 2.05 bits per heavy atom. The van der Waals surface area contributed by atoms with E-state index in [9.17, 15) is 8.42 Å². The number of benzene rings is 1. The van der Waals surface area contributed by atoms with Crippen LogP contribution in [0.1, 0.15) is 34.9 Å². The van der Waals surface area contributed by atoms with Crippen LogP contribution >= 0.6 is 11.3 Å². The van der Waals surface area contributed by atoms with Crippen molar-refractivity contribution >= 4 is 21.4 Å². The predicted octanol–water partition coefficient (Wildman–Crippen LogP) is 3.89. The second-order valence-electron chi connectivity index (χ2n) is 5.56. The van der Waals surface area contributed by atoms with Gasteiger partial charge >= 0.3 is 0 Å². The summed E-state index contributed by atoms with van der Waals surface area (Å²) >= 11 is 1.64. The summed E-state index contributed by atoms with van der Waals surface area (Å²) in [4.78, 5) is 1.58. The summed E-state index contributed by atoms with van der Waals surface area (Å²) in [6, 6.07) is 9.56. The molecule has 1 aromatic heterocycles. The molecule has 1 aliphatic heterocycles. The lowest BCUT2D eigenvalue weighted by Gasteiger charge is -2.24. The molecular formula is C16H19NO2S2. The van der Waals surface area contributed by atoms with E-state index in [4.69, 9.17) is 0 Å². The lowest BCUT2D eigenvalue weighted by atomic mass is 10.2. The largest absolute Gasteiger partial charge is 0.243 e. The normalized spacial score (nSPS) is 20.0. The molecule has 3 nitrogen and oxygen atoms in total. The first kappa shape index (κ1) is 14.8. The van der Waals surface area contributed by atoms with E-state index in [1.165, 1.54) is 0 Å². The smallest absolute Gasteiger partial charge is 0.207 e. The van der Waals surface area contributed by atoms with Gasteiger partial charge in [0.1, 0.15) is 0 Å². The van der Waals surface area contributed by atoms with Gasteiger partial charge in [-0.15, -0.1) is 11.3 Å². The number of rotatable bonds is 3. The van der Waals surface area contributed by atoms with Gasteiger partial charge in [-0.1, -0.05) is 23.8 Å². The van der Waals surface area contributed by atoms with Crippen molar-refractivity contribution in [3.63, 3.8) is 0 Å². The number of hydrogen-bond donors (Lipinski definition) is 0. The van der Waals surface area contributed by atoms with Crippen LogP contribution in [0.2, 0.25) is 0 Å². The first-order valence-corrected chi connectivity index (χ1v) is 9.44. The molecule has 3 rings (SSSR count). The van der Waals surface area contributed by atoms with Gasteiger partial charge in [0, 0.05) is 11.4 Å². The maximum Gasteiger partial charge on any atom is 0.243 e. The molecule has 2 aromatic rings. The third-order valence-electron chi connectivity index (χ3n) is 3.99. The van der Waals surface area contributed by atoms with Crippen LogP contribution in [0.25, 0.3) is 0 Å². The van der Waals surface area contributed by atoms with E-state index in [1.807, 2.05) is 43.5 Å². The van der Waals surface area contributed by atoms with Crippen molar-refractivity contribution < 1.29 is 8.42 Å². The molecular weight excluding hydrogens is 302 g/mol. The Labute approximate surface area is 130 Å². The third-order valence-corrected chi connectivity index (χ3v) is 7.03. The zero-order valence-corrected chi connectivity index (χ0v) is 13.9. The molecule has 5 heteroatoms. The van der Waals surface area contributed by atoms with E-state index >= 15 is 0 Å². The number of aryl methyl sites for hydroxylation is 2. The molecule has 0 radical (unpaired) electrons. The standard InChI is InChI=1S/C16H19NO2S2/c1-12-7-8-16(13(2)11-12)21(18,19)17-9-3-5-14(17)15-6-4-10-20-15/h4,6-8,10-11,14H,3,5,9H2,1-2H3/t14-/m1/s1. The molecule has 0 aliphatic carbocycles. The molecule has 0 bridgehead atoms. The minimum Gasteiger partial charge on any atom is -0.207 e. The molecule has 21 heavy (non-hydrogen) atoms. The lowest BCUT2D eigenvalue weighted by molar-refractivity contribution is 0.400.